The fourth-order valence-electron chi connectivity index (χ4n) is 1.08. The highest BCUT2D eigenvalue weighted by atomic mass is 32.1. The molecule has 0 bridgehead atoms. The average Bonchev–Trinajstić information content (AvgIpc) is 2.78. The second-order valence-electron chi connectivity index (χ2n) is 2.92. The van der Waals surface area contributed by atoms with Crippen molar-refractivity contribution in [2.24, 2.45) is 0 Å². The molecule has 1 aromatic carbocycles. The Morgan fingerprint density at radius 3 is 2.81 bits per heavy atom. The Morgan fingerprint density at radius 1 is 1.38 bits per heavy atom. The molecule has 0 fully saturated rings. The summed E-state index contributed by atoms with van der Waals surface area (Å²) in [5.41, 5.74) is 0.242. The lowest BCUT2D eigenvalue weighted by Gasteiger charge is -1.99. The van der Waals surface area contributed by atoms with E-state index in [1.807, 2.05) is 18.2 Å². The van der Waals surface area contributed by atoms with E-state index in [0.717, 1.165) is 6.21 Å². The third kappa shape index (κ3) is 2.32. The number of aromatic nitrogens is 1. The zero-order chi connectivity index (χ0) is 11.4. The van der Waals surface area contributed by atoms with Crippen molar-refractivity contribution in [1.29, 1.82) is 5.41 Å². The number of para-hydroxylation sites is 1. The fraction of sp³-hybridized carbons (Fsp3) is 0. The molecule has 0 aliphatic heterocycles. The number of hydrogen-bond acceptors (Lipinski definition) is 5. The molecule has 0 unspecified atom stereocenters. The number of carbonyl (C=O) groups is 1. The number of thiazole rings is 1. The van der Waals surface area contributed by atoms with Gasteiger partial charge in [0, 0.05) is 5.38 Å². The first-order valence-corrected chi connectivity index (χ1v) is 5.41. The van der Waals surface area contributed by atoms with Crippen LogP contribution in [0.5, 0.6) is 10.9 Å². The normalized spacial score (nSPS) is 9.75. The van der Waals surface area contributed by atoms with Crippen LogP contribution in [0, 0.1) is 5.41 Å². The molecule has 0 saturated heterocycles. The second-order valence-corrected chi connectivity index (χ2v) is 3.74. The molecule has 0 spiro atoms. The summed E-state index contributed by atoms with van der Waals surface area (Å²) in [5, 5.41) is 8.80. The molecule has 2 aromatic rings. The van der Waals surface area contributed by atoms with E-state index in [-0.39, 0.29) is 5.69 Å². The Hall–Kier alpha value is -2.01. The maximum Gasteiger partial charge on any atom is 0.279 e. The Labute approximate surface area is 96.0 Å². The van der Waals surface area contributed by atoms with Crippen LogP contribution in [0.15, 0.2) is 35.7 Å². The summed E-state index contributed by atoms with van der Waals surface area (Å²) in [5.74, 6) is 0.255. The van der Waals surface area contributed by atoms with Gasteiger partial charge in [-0.2, -0.15) is 4.98 Å². The van der Waals surface area contributed by atoms with Gasteiger partial charge in [-0.15, -0.1) is 0 Å². The van der Waals surface area contributed by atoms with Gasteiger partial charge in [-0.1, -0.05) is 29.5 Å². The molecule has 0 amide bonds. The van der Waals surface area contributed by atoms with Crippen LogP contribution in [0.2, 0.25) is 0 Å². The molecule has 16 heavy (non-hydrogen) atoms. The fourth-order valence-corrected chi connectivity index (χ4v) is 1.76. The number of Topliss-reactive ketones (excluding diaryl/α,β-unsaturated/α-hetero) is 1. The van der Waals surface area contributed by atoms with Gasteiger partial charge in [0.2, 0.25) is 5.78 Å². The van der Waals surface area contributed by atoms with Gasteiger partial charge in [0.05, 0.1) is 6.21 Å². The van der Waals surface area contributed by atoms with Crippen molar-refractivity contribution in [3.63, 3.8) is 0 Å². The van der Waals surface area contributed by atoms with Crippen molar-refractivity contribution in [1.82, 2.24) is 4.98 Å². The predicted molar refractivity (Wildman–Crippen MR) is 61.7 cm³/mol. The minimum absolute atomic E-state index is 0.242. The van der Waals surface area contributed by atoms with E-state index in [1.165, 1.54) is 11.3 Å². The van der Waals surface area contributed by atoms with Crippen LogP contribution in [0.4, 0.5) is 0 Å². The maximum absolute atomic E-state index is 11.1. The van der Waals surface area contributed by atoms with Crippen LogP contribution >= 0.6 is 11.3 Å². The lowest BCUT2D eigenvalue weighted by Crippen LogP contribution is -1.99. The molecule has 2 rings (SSSR count). The Morgan fingerprint density at radius 2 is 2.12 bits per heavy atom. The molecule has 80 valence electrons. The molecule has 0 radical (unpaired) electrons. The van der Waals surface area contributed by atoms with Gasteiger partial charge in [0.15, 0.2) is 0 Å². The number of nitrogens with one attached hydrogen (secondary N) is 1. The van der Waals surface area contributed by atoms with Crippen molar-refractivity contribution >= 4 is 23.3 Å². The summed E-state index contributed by atoms with van der Waals surface area (Å²) in [4.78, 5) is 15.1. The van der Waals surface area contributed by atoms with Crippen LogP contribution < -0.4 is 4.74 Å². The summed E-state index contributed by atoms with van der Waals surface area (Å²) in [6.45, 7) is 0. The minimum Gasteiger partial charge on any atom is -0.431 e. The monoisotopic (exact) mass is 232 g/mol. The van der Waals surface area contributed by atoms with Gasteiger partial charge in [-0.25, -0.2) is 0 Å². The quantitative estimate of drug-likeness (QED) is 0.651. The highest BCUT2D eigenvalue weighted by Crippen LogP contribution is 2.24. The number of ether oxygens (including phenoxy) is 1. The van der Waals surface area contributed by atoms with Gasteiger partial charge in [-0.05, 0) is 12.1 Å². The van der Waals surface area contributed by atoms with Gasteiger partial charge in [-0.3, -0.25) is 4.79 Å². The molecule has 1 heterocycles. The zero-order valence-corrected chi connectivity index (χ0v) is 9.03. The zero-order valence-electron chi connectivity index (χ0n) is 8.21. The van der Waals surface area contributed by atoms with Crippen LogP contribution in [0.1, 0.15) is 10.5 Å². The molecule has 4 nitrogen and oxygen atoms in total. The van der Waals surface area contributed by atoms with Gasteiger partial charge in [0.25, 0.3) is 5.19 Å². The summed E-state index contributed by atoms with van der Waals surface area (Å²) in [6.07, 6.45) is 0.737. The predicted octanol–water partition coefficient (Wildman–Crippen LogP) is 2.77. The van der Waals surface area contributed by atoms with E-state index in [2.05, 4.69) is 4.98 Å². The highest BCUT2D eigenvalue weighted by Gasteiger charge is 2.09. The van der Waals surface area contributed by atoms with Crippen LogP contribution in [0.3, 0.4) is 0 Å². The van der Waals surface area contributed by atoms with E-state index < -0.39 is 5.78 Å². The number of carbonyl (C=O) groups excluding carboxylic acids is 1. The Kier molecular flexibility index (Phi) is 3.07. The number of ketones is 1. The molecular formula is C11H8N2O2S. The van der Waals surface area contributed by atoms with Gasteiger partial charge >= 0.3 is 0 Å². The minimum atomic E-state index is -0.417. The van der Waals surface area contributed by atoms with Gasteiger partial charge < -0.3 is 10.1 Å². The van der Waals surface area contributed by atoms with E-state index in [9.17, 15) is 4.79 Å². The van der Waals surface area contributed by atoms with E-state index in [0.29, 0.717) is 10.9 Å². The van der Waals surface area contributed by atoms with Crippen molar-refractivity contribution in [3.8, 4) is 10.9 Å². The first-order chi connectivity index (χ1) is 7.79. The summed E-state index contributed by atoms with van der Waals surface area (Å²) in [6, 6.07) is 9.21. The lowest BCUT2D eigenvalue weighted by atomic mass is 10.3. The standard InChI is InChI=1S/C11H8N2O2S/c12-6-10(14)9-7-16-11(13-9)15-8-4-2-1-3-5-8/h1-7,12H. The molecule has 0 saturated carbocycles. The van der Waals surface area contributed by atoms with Crippen molar-refractivity contribution in [3.05, 3.63) is 41.4 Å². The van der Waals surface area contributed by atoms with Crippen molar-refractivity contribution < 1.29 is 9.53 Å². The highest BCUT2D eigenvalue weighted by molar-refractivity contribution is 7.11. The SMILES string of the molecule is N=CC(=O)c1csc(Oc2ccccc2)n1. The topological polar surface area (TPSA) is 63.0 Å². The Balaban J connectivity index is 2.14. The molecule has 1 aromatic heterocycles. The first-order valence-electron chi connectivity index (χ1n) is 4.53. The molecule has 0 aliphatic rings. The number of hydrogen-bond donors (Lipinski definition) is 1. The van der Waals surface area contributed by atoms with Crippen LogP contribution in [-0.2, 0) is 0 Å². The van der Waals surface area contributed by atoms with E-state index in [4.69, 9.17) is 10.1 Å². The third-order valence-corrected chi connectivity index (χ3v) is 2.53. The number of benzene rings is 1. The average molecular weight is 232 g/mol. The van der Waals surface area contributed by atoms with Crippen LogP contribution in [0.25, 0.3) is 0 Å². The van der Waals surface area contributed by atoms with Crippen molar-refractivity contribution in [2.75, 3.05) is 0 Å². The summed E-state index contributed by atoms with van der Waals surface area (Å²) < 4.78 is 5.43. The van der Waals surface area contributed by atoms with E-state index in [1.54, 1.807) is 17.5 Å². The molecular weight excluding hydrogens is 224 g/mol. The number of rotatable bonds is 4. The molecule has 0 atom stereocenters. The van der Waals surface area contributed by atoms with Crippen LogP contribution in [-0.4, -0.2) is 17.0 Å². The second kappa shape index (κ2) is 4.67. The summed E-state index contributed by atoms with van der Waals surface area (Å²) in [7, 11) is 0. The van der Waals surface area contributed by atoms with Crippen molar-refractivity contribution in [2.45, 2.75) is 0 Å². The van der Waals surface area contributed by atoms with Gasteiger partial charge in [0.1, 0.15) is 11.4 Å². The first kappa shape index (κ1) is 10.5. The Bertz CT molecular complexity index is 508. The van der Waals surface area contributed by atoms with E-state index >= 15 is 0 Å². The number of nitrogens with zero attached hydrogens (tertiary/aromatic N) is 1. The third-order valence-electron chi connectivity index (χ3n) is 1.82. The molecule has 5 heteroatoms. The summed E-state index contributed by atoms with van der Waals surface area (Å²) >= 11 is 1.23. The molecule has 0 aliphatic carbocycles. The molecule has 1 N–H and O–H groups in total. The maximum atomic E-state index is 11.1. The lowest BCUT2D eigenvalue weighted by molar-refractivity contribution is 0.106. The largest absolute Gasteiger partial charge is 0.431 e. The smallest absolute Gasteiger partial charge is 0.279 e.